The molecule has 4 nitrogen and oxygen atoms in total. The van der Waals surface area contributed by atoms with Crippen molar-refractivity contribution in [2.45, 2.75) is 43.2 Å². The lowest BCUT2D eigenvalue weighted by molar-refractivity contribution is -0.138. The Morgan fingerprint density at radius 3 is 2.53 bits per heavy atom. The summed E-state index contributed by atoms with van der Waals surface area (Å²) in [5, 5.41) is 9.91. The van der Waals surface area contributed by atoms with Crippen LogP contribution in [0, 0.1) is 5.82 Å². The van der Waals surface area contributed by atoms with Gasteiger partial charge in [0.2, 0.25) is 5.91 Å². The number of piperidine rings is 1. The Labute approximate surface area is 198 Å². The number of likely N-dealkylation sites (tertiary alicyclic amines) is 1. The molecule has 0 aromatic heterocycles. The molecule has 0 radical (unpaired) electrons. The largest absolute Gasteiger partial charge is 0.481 e. The van der Waals surface area contributed by atoms with Gasteiger partial charge in [-0.2, -0.15) is 13.2 Å². The molecule has 1 aliphatic carbocycles. The van der Waals surface area contributed by atoms with Gasteiger partial charge in [0.05, 0.1) is 12.0 Å². The second-order valence-electron chi connectivity index (χ2n) is 8.87. The first-order chi connectivity index (χ1) is 16.0. The molecule has 1 unspecified atom stereocenters. The number of hydrogen-bond donors (Lipinski definition) is 1. The molecule has 4 rings (SSSR count). The lowest BCUT2D eigenvalue weighted by atomic mass is 9.73. The lowest BCUT2D eigenvalue weighted by Crippen LogP contribution is -2.44. The van der Waals surface area contributed by atoms with Crippen LogP contribution in [0.4, 0.5) is 17.6 Å². The summed E-state index contributed by atoms with van der Waals surface area (Å²) in [5.74, 6) is -2.49. The summed E-state index contributed by atoms with van der Waals surface area (Å²) in [6, 6.07) is 7.82. The number of benzene rings is 2. The number of rotatable bonds is 4. The maximum atomic E-state index is 13.3. The van der Waals surface area contributed by atoms with E-state index < -0.39 is 29.4 Å². The van der Waals surface area contributed by atoms with E-state index in [1.165, 1.54) is 0 Å². The summed E-state index contributed by atoms with van der Waals surface area (Å²) in [6.45, 7) is 0.729. The van der Waals surface area contributed by atoms with Crippen LogP contribution in [0.1, 0.15) is 53.9 Å². The molecule has 1 spiro atoms. The van der Waals surface area contributed by atoms with Crippen LogP contribution in [-0.4, -0.2) is 35.0 Å². The second kappa shape index (κ2) is 9.06. The molecule has 0 bridgehead atoms. The summed E-state index contributed by atoms with van der Waals surface area (Å²) < 4.78 is 52.9. The number of carboxylic acids is 1. The summed E-state index contributed by atoms with van der Waals surface area (Å²) in [7, 11) is 0. The van der Waals surface area contributed by atoms with Crippen molar-refractivity contribution >= 4 is 29.6 Å². The molecule has 1 fully saturated rings. The predicted octanol–water partition coefficient (Wildman–Crippen LogP) is 6.03. The zero-order chi connectivity index (χ0) is 24.7. The molecule has 2 aromatic rings. The summed E-state index contributed by atoms with van der Waals surface area (Å²) in [5.41, 5.74) is 0.117. The Kier molecular flexibility index (Phi) is 6.46. The van der Waals surface area contributed by atoms with Gasteiger partial charge in [-0.25, -0.2) is 4.39 Å². The predicted molar refractivity (Wildman–Crippen MR) is 119 cm³/mol. The summed E-state index contributed by atoms with van der Waals surface area (Å²) >= 11 is 6.52. The topological polar surface area (TPSA) is 57.6 Å². The van der Waals surface area contributed by atoms with Gasteiger partial charge in [0.25, 0.3) is 0 Å². The number of hydrogen-bond acceptors (Lipinski definition) is 2. The third kappa shape index (κ3) is 4.69. The molecule has 2 aliphatic rings. The summed E-state index contributed by atoms with van der Waals surface area (Å²) in [4.78, 5) is 25.6. The monoisotopic (exact) mass is 495 g/mol. The minimum Gasteiger partial charge on any atom is -0.481 e. The third-order valence-corrected chi connectivity index (χ3v) is 7.15. The van der Waals surface area contributed by atoms with Crippen LogP contribution in [0.5, 0.6) is 0 Å². The first-order valence-electron chi connectivity index (χ1n) is 10.8. The van der Waals surface area contributed by atoms with E-state index in [0.717, 1.165) is 35.4 Å². The highest BCUT2D eigenvalue weighted by atomic mass is 35.5. The standard InChI is InChI=1S/C25H22ClF4NO3/c26-20-3-1-2-18-16(12-22(33)34)14-24(23(18)20)8-10-31(11-9-24)21(32)7-5-15-4-6-17(27)13-19(15)25(28,29)30/h1-7,13,16H,8-12,14H2,(H,33,34). The molecular weight excluding hydrogens is 474 g/mol. The van der Waals surface area contributed by atoms with E-state index in [2.05, 4.69) is 0 Å². The van der Waals surface area contributed by atoms with Crippen LogP contribution < -0.4 is 0 Å². The van der Waals surface area contributed by atoms with Crippen molar-refractivity contribution in [2.75, 3.05) is 13.1 Å². The molecule has 1 heterocycles. The van der Waals surface area contributed by atoms with Crippen LogP contribution in [0.15, 0.2) is 42.5 Å². The Hall–Kier alpha value is -2.87. The van der Waals surface area contributed by atoms with Crippen LogP contribution >= 0.6 is 11.6 Å². The van der Waals surface area contributed by atoms with E-state index in [9.17, 15) is 32.3 Å². The average Bonchev–Trinajstić information content (AvgIpc) is 3.05. The van der Waals surface area contributed by atoms with Crippen LogP contribution in [0.25, 0.3) is 6.08 Å². The molecule has 1 atom stereocenters. The highest BCUT2D eigenvalue weighted by Crippen LogP contribution is 2.55. The van der Waals surface area contributed by atoms with Gasteiger partial charge < -0.3 is 10.0 Å². The van der Waals surface area contributed by atoms with Crippen LogP contribution in [0.2, 0.25) is 5.02 Å². The van der Waals surface area contributed by atoms with Gasteiger partial charge in [0, 0.05) is 29.6 Å². The number of halogens is 5. The maximum Gasteiger partial charge on any atom is 0.417 e. The van der Waals surface area contributed by atoms with Crippen molar-refractivity contribution in [3.8, 4) is 0 Å². The molecule has 0 saturated carbocycles. The third-order valence-electron chi connectivity index (χ3n) is 6.83. The highest BCUT2D eigenvalue weighted by Gasteiger charge is 2.47. The molecule has 1 saturated heterocycles. The molecule has 9 heteroatoms. The number of alkyl halides is 3. The summed E-state index contributed by atoms with van der Waals surface area (Å²) in [6.07, 6.45) is -0.846. The number of carboxylic acid groups (broad SMARTS) is 1. The molecule has 1 amide bonds. The Morgan fingerprint density at radius 1 is 1.18 bits per heavy atom. The van der Waals surface area contributed by atoms with Crippen molar-refractivity contribution < 1.29 is 32.3 Å². The SMILES string of the molecule is O=C(O)CC1CC2(CCN(C(=O)C=Cc3ccc(F)cc3C(F)(F)F)CC2)c2c(Cl)cccc21. The minimum absolute atomic E-state index is 0.000314. The molecule has 2 aromatic carbocycles. The number of amides is 1. The maximum absolute atomic E-state index is 13.3. The normalized spacial score (nSPS) is 19.6. The lowest BCUT2D eigenvalue weighted by Gasteiger charge is -2.40. The number of carbonyl (C=O) groups excluding carboxylic acids is 1. The fraction of sp³-hybridized carbons (Fsp3) is 0.360. The highest BCUT2D eigenvalue weighted by molar-refractivity contribution is 6.31. The second-order valence-corrected chi connectivity index (χ2v) is 9.28. The quantitative estimate of drug-likeness (QED) is 0.416. The molecule has 180 valence electrons. The van der Waals surface area contributed by atoms with Gasteiger partial charge >= 0.3 is 12.1 Å². The van der Waals surface area contributed by atoms with Crippen molar-refractivity contribution in [1.82, 2.24) is 4.90 Å². The van der Waals surface area contributed by atoms with Crippen LogP contribution in [0.3, 0.4) is 0 Å². The Bertz CT molecular complexity index is 1150. The zero-order valence-corrected chi connectivity index (χ0v) is 18.8. The fourth-order valence-electron chi connectivity index (χ4n) is 5.31. The first kappa shape index (κ1) is 24.3. The molecule has 34 heavy (non-hydrogen) atoms. The fourth-order valence-corrected chi connectivity index (χ4v) is 5.69. The number of carbonyl (C=O) groups is 2. The average molecular weight is 496 g/mol. The van der Waals surface area contributed by atoms with Crippen molar-refractivity contribution in [3.63, 3.8) is 0 Å². The van der Waals surface area contributed by atoms with Crippen molar-refractivity contribution in [3.05, 3.63) is 75.6 Å². The van der Waals surface area contributed by atoms with Gasteiger partial charge in [-0.3, -0.25) is 9.59 Å². The minimum atomic E-state index is -4.75. The van der Waals surface area contributed by atoms with E-state index in [1.807, 2.05) is 12.1 Å². The Balaban J connectivity index is 1.50. The van der Waals surface area contributed by atoms with Gasteiger partial charge in [-0.15, -0.1) is 0 Å². The van der Waals surface area contributed by atoms with Gasteiger partial charge in [-0.1, -0.05) is 29.8 Å². The smallest absolute Gasteiger partial charge is 0.417 e. The van der Waals surface area contributed by atoms with E-state index in [1.54, 1.807) is 11.0 Å². The van der Waals surface area contributed by atoms with E-state index >= 15 is 0 Å². The first-order valence-corrected chi connectivity index (χ1v) is 11.2. The Morgan fingerprint density at radius 2 is 1.88 bits per heavy atom. The van der Waals surface area contributed by atoms with Crippen molar-refractivity contribution in [1.29, 1.82) is 0 Å². The van der Waals surface area contributed by atoms with Gasteiger partial charge in [0.1, 0.15) is 5.82 Å². The zero-order valence-electron chi connectivity index (χ0n) is 18.0. The van der Waals surface area contributed by atoms with E-state index in [4.69, 9.17) is 11.6 Å². The van der Waals surface area contributed by atoms with E-state index in [-0.39, 0.29) is 23.3 Å². The van der Waals surface area contributed by atoms with E-state index in [0.29, 0.717) is 43.4 Å². The molecule has 1 aliphatic heterocycles. The number of aliphatic carboxylic acids is 1. The van der Waals surface area contributed by atoms with Gasteiger partial charge in [-0.05, 0) is 66.1 Å². The van der Waals surface area contributed by atoms with Crippen molar-refractivity contribution in [2.24, 2.45) is 0 Å². The molecule has 1 N–H and O–H groups in total. The van der Waals surface area contributed by atoms with Crippen LogP contribution in [-0.2, 0) is 21.2 Å². The van der Waals surface area contributed by atoms with Gasteiger partial charge in [0.15, 0.2) is 0 Å². The number of fused-ring (bicyclic) bond motifs is 2. The molecular formula is C25H22ClF4NO3. The number of nitrogens with zero attached hydrogens (tertiary/aromatic N) is 1.